The molecule has 2 aromatic rings. The highest BCUT2D eigenvalue weighted by Gasteiger charge is 2.25. The summed E-state index contributed by atoms with van der Waals surface area (Å²) < 4.78 is 28.1. The highest BCUT2D eigenvalue weighted by molar-refractivity contribution is 7.98. The van der Waals surface area contributed by atoms with Gasteiger partial charge in [0.25, 0.3) is 15.9 Å². The number of hydrogen-bond donors (Lipinski definition) is 1. The van der Waals surface area contributed by atoms with Crippen molar-refractivity contribution in [1.29, 1.82) is 0 Å². The molecule has 1 heterocycles. The van der Waals surface area contributed by atoms with Crippen LogP contribution in [-0.2, 0) is 10.0 Å². The molecule has 0 atom stereocenters. The van der Waals surface area contributed by atoms with Gasteiger partial charge in [0.1, 0.15) is 0 Å². The molecule has 1 aliphatic heterocycles. The quantitative estimate of drug-likeness (QED) is 0.763. The van der Waals surface area contributed by atoms with E-state index in [2.05, 4.69) is 11.6 Å². The summed E-state index contributed by atoms with van der Waals surface area (Å²) in [6, 6.07) is 13.5. The molecular weight excluding hydrogens is 380 g/mol. The van der Waals surface area contributed by atoms with E-state index in [0.29, 0.717) is 30.3 Å². The Bertz CT molecular complexity index is 906. The van der Waals surface area contributed by atoms with Gasteiger partial charge in [0.2, 0.25) is 0 Å². The van der Waals surface area contributed by atoms with Gasteiger partial charge in [-0.3, -0.25) is 9.52 Å². The third-order valence-corrected chi connectivity index (χ3v) is 6.98. The highest BCUT2D eigenvalue weighted by Crippen LogP contribution is 2.27. The van der Waals surface area contributed by atoms with E-state index in [1.54, 1.807) is 36.4 Å². The summed E-state index contributed by atoms with van der Waals surface area (Å²) in [6.45, 7) is 3.62. The second kappa shape index (κ2) is 8.35. The lowest BCUT2D eigenvalue weighted by atomic mass is 9.98. The lowest BCUT2D eigenvalue weighted by molar-refractivity contribution is 0.0693. The summed E-state index contributed by atoms with van der Waals surface area (Å²) in [6.07, 6.45) is 3.85. The van der Waals surface area contributed by atoms with Crippen molar-refractivity contribution in [2.75, 3.05) is 24.1 Å². The van der Waals surface area contributed by atoms with Gasteiger partial charge in [0.05, 0.1) is 10.5 Å². The highest BCUT2D eigenvalue weighted by atomic mass is 32.2. The third-order valence-electron chi connectivity index (χ3n) is 4.81. The number of benzene rings is 2. The average Bonchev–Trinajstić information content (AvgIpc) is 2.68. The van der Waals surface area contributed by atoms with Crippen molar-refractivity contribution in [3.05, 3.63) is 54.1 Å². The van der Waals surface area contributed by atoms with E-state index in [4.69, 9.17) is 0 Å². The zero-order valence-electron chi connectivity index (χ0n) is 15.5. The summed E-state index contributed by atoms with van der Waals surface area (Å²) in [5.74, 6) is 0.527. The van der Waals surface area contributed by atoms with E-state index in [1.165, 1.54) is 17.8 Å². The molecule has 1 N–H and O–H groups in total. The number of rotatable bonds is 5. The fourth-order valence-electron chi connectivity index (χ4n) is 3.12. The number of nitrogens with zero attached hydrogens (tertiary/aromatic N) is 1. The Kier molecular flexibility index (Phi) is 6.11. The van der Waals surface area contributed by atoms with Crippen LogP contribution < -0.4 is 4.72 Å². The SMILES string of the molecule is CSc1ccc(S(=O)(=O)Nc2ccccc2)cc1C(=O)N1CCC(C)CC1. The molecule has 0 saturated carbocycles. The molecule has 0 aliphatic carbocycles. The van der Waals surface area contributed by atoms with Crippen molar-refractivity contribution in [3.8, 4) is 0 Å². The Morgan fingerprint density at radius 1 is 1.11 bits per heavy atom. The Hall–Kier alpha value is -1.99. The largest absolute Gasteiger partial charge is 0.339 e. The van der Waals surface area contributed by atoms with Crippen LogP contribution in [0.25, 0.3) is 0 Å². The lowest BCUT2D eigenvalue weighted by Crippen LogP contribution is -2.38. The number of likely N-dealkylation sites (tertiary alicyclic amines) is 1. The number of carbonyl (C=O) groups is 1. The second-order valence-corrected chi connectivity index (χ2v) is 9.34. The van der Waals surface area contributed by atoms with E-state index in [0.717, 1.165) is 17.7 Å². The number of nitrogens with one attached hydrogen (secondary N) is 1. The van der Waals surface area contributed by atoms with Crippen LogP contribution >= 0.6 is 11.8 Å². The van der Waals surface area contributed by atoms with Crippen LogP contribution in [0.15, 0.2) is 58.3 Å². The molecule has 1 aliphatic rings. The molecule has 144 valence electrons. The topological polar surface area (TPSA) is 66.5 Å². The van der Waals surface area contributed by atoms with Crippen molar-refractivity contribution in [2.24, 2.45) is 5.92 Å². The van der Waals surface area contributed by atoms with E-state index in [1.807, 2.05) is 17.2 Å². The molecule has 0 aromatic heterocycles. The van der Waals surface area contributed by atoms with Crippen LogP contribution in [0.3, 0.4) is 0 Å². The summed E-state index contributed by atoms with van der Waals surface area (Å²) in [7, 11) is -3.76. The summed E-state index contributed by atoms with van der Waals surface area (Å²) in [4.78, 5) is 15.7. The summed E-state index contributed by atoms with van der Waals surface area (Å²) >= 11 is 1.45. The Labute approximate surface area is 165 Å². The Morgan fingerprint density at radius 2 is 1.78 bits per heavy atom. The molecule has 5 nitrogen and oxygen atoms in total. The molecular formula is C20H24N2O3S2. The molecule has 1 fully saturated rings. The second-order valence-electron chi connectivity index (χ2n) is 6.81. The van der Waals surface area contributed by atoms with Crippen molar-refractivity contribution in [2.45, 2.75) is 29.6 Å². The predicted molar refractivity (Wildman–Crippen MR) is 110 cm³/mol. The Balaban J connectivity index is 1.90. The van der Waals surface area contributed by atoms with Gasteiger partial charge >= 0.3 is 0 Å². The van der Waals surface area contributed by atoms with Crippen molar-refractivity contribution in [1.82, 2.24) is 4.90 Å². The van der Waals surface area contributed by atoms with Gasteiger partial charge in [-0.1, -0.05) is 25.1 Å². The maximum atomic E-state index is 13.0. The van der Waals surface area contributed by atoms with Crippen LogP contribution in [0, 0.1) is 5.92 Å². The number of amides is 1. The van der Waals surface area contributed by atoms with E-state index >= 15 is 0 Å². The van der Waals surface area contributed by atoms with Gasteiger partial charge in [-0.15, -0.1) is 11.8 Å². The van der Waals surface area contributed by atoms with Crippen molar-refractivity contribution >= 4 is 33.4 Å². The molecule has 0 bridgehead atoms. The number of para-hydroxylation sites is 1. The maximum Gasteiger partial charge on any atom is 0.261 e. The van der Waals surface area contributed by atoms with Crippen LogP contribution in [0.2, 0.25) is 0 Å². The first-order chi connectivity index (χ1) is 12.9. The number of thioether (sulfide) groups is 1. The van der Waals surface area contributed by atoms with E-state index in [-0.39, 0.29) is 10.8 Å². The predicted octanol–water partition coefficient (Wildman–Crippen LogP) is 4.08. The minimum Gasteiger partial charge on any atom is -0.339 e. The minimum absolute atomic E-state index is 0.0944. The first kappa shape index (κ1) is 19.8. The van der Waals surface area contributed by atoms with E-state index < -0.39 is 10.0 Å². The first-order valence-electron chi connectivity index (χ1n) is 8.96. The summed E-state index contributed by atoms with van der Waals surface area (Å²) in [5, 5.41) is 0. The molecule has 27 heavy (non-hydrogen) atoms. The van der Waals surface area contributed by atoms with Crippen LogP contribution in [-0.4, -0.2) is 38.6 Å². The third kappa shape index (κ3) is 4.65. The van der Waals surface area contributed by atoms with Crippen LogP contribution in [0.5, 0.6) is 0 Å². The minimum atomic E-state index is -3.76. The average molecular weight is 405 g/mol. The fraction of sp³-hybridized carbons (Fsp3) is 0.350. The van der Waals surface area contributed by atoms with Gasteiger partial charge in [-0.05, 0) is 55.3 Å². The lowest BCUT2D eigenvalue weighted by Gasteiger charge is -2.30. The van der Waals surface area contributed by atoms with E-state index in [9.17, 15) is 13.2 Å². The number of hydrogen-bond acceptors (Lipinski definition) is 4. The maximum absolute atomic E-state index is 13.0. The zero-order chi connectivity index (χ0) is 19.4. The fourth-order valence-corrected chi connectivity index (χ4v) is 4.78. The molecule has 0 radical (unpaired) electrons. The van der Waals surface area contributed by atoms with Crippen molar-refractivity contribution in [3.63, 3.8) is 0 Å². The molecule has 1 amide bonds. The summed E-state index contributed by atoms with van der Waals surface area (Å²) in [5.41, 5.74) is 0.942. The number of carbonyl (C=O) groups excluding carboxylic acids is 1. The monoisotopic (exact) mass is 404 g/mol. The van der Waals surface area contributed by atoms with Gasteiger partial charge in [-0.25, -0.2) is 8.42 Å². The molecule has 0 spiro atoms. The number of anilines is 1. The molecule has 2 aromatic carbocycles. The normalized spacial score (nSPS) is 15.6. The van der Waals surface area contributed by atoms with Gasteiger partial charge in [0.15, 0.2) is 0 Å². The smallest absolute Gasteiger partial charge is 0.261 e. The molecule has 3 rings (SSSR count). The van der Waals surface area contributed by atoms with Gasteiger partial charge in [0, 0.05) is 23.7 Å². The standard InChI is InChI=1S/C20H24N2O3S2/c1-15-10-12-22(13-11-15)20(23)18-14-17(8-9-19(18)26-2)27(24,25)21-16-6-4-3-5-7-16/h3-9,14-15,21H,10-13H2,1-2H3. The number of piperidine rings is 1. The van der Waals surface area contributed by atoms with Crippen LogP contribution in [0.1, 0.15) is 30.1 Å². The zero-order valence-corrected chi connectivity index (χ0v) is 17.1. The molecule has 7 heteroatoms. The van der Waals surface area contributed by atoms with Crippen molar-refractivity contribution < 1.29 is 13.2 Å². The van der Waals surface area contributed by atoms with Gasteiger partial charge in [-0.2, -0.15) is 0 Å². The Morgan fingerprint density at radius 3 is 2.41 bits per heavy atom. The van der Waals surface area contributed by atoms with Crippen LogP contribution in [0.4, 0.5) is 5.69 Å². The molecule has 1 saturated heterocycles. The first-order valence-corrected chi connectivity index (χ1v) is 11.7. The van der Waals surface area contributed by atoms with Gasteiger partial charge < -0.3 is 4.90 Å². The molecule has 0 unspecified atom stereocenters. The number of sulfonamides is 1.